The van der Waals surface area contributed by atoms with Gasteiger partial charge in [0.15, 0.2) is 0 Å². The van der Waals surface area contributed by atoms with Crippen LogP contribution in [0.15, 0.2) is 0 Å². The van der Waals surface area contributed by atoms with Crippen molar-refractivity contribution in [3.63, 3.8) is 0 Å². The van der Waals surface area contributed by atoms with Gasteiger partial charge in [-0.05, 0) is 126 Å². The van der Waals surface area contributed by atoms with E-state index in [1.165, 1.54) is 35.5 Å². The molecule has 108 valence electrons. The maximum absolute atomic E-state index is 1.78. The molecule has 0 aromatic carbocycles. The van der Waals surface area contributed by atoms with Gasteiger partial charge < -0.3 is 0 Å². The Bertz CT molecular complexity index is 557. The number of rotatable bonds is 0. The average Bonchev–Trinajstić information content (AvgIpc) is 3.05. The van der Waals surface area contributed by atoms with Crippen LogP contribution in [-0.2, 0) is 0 Å². The summed E-state index contributed by atoms with van der Waals surface area (Å²) in [5.74, 6) is 7.47. The molecule has 0 N–H and O–H groups in total. The predicted molar refractivity (Wildman–Crippen MR) is 77.1 cm³/mol. The van der Waals surface area contributed by atoms with Gasteiger partial charge in [-0.1, -0.05) is 0 Å². The first-order valence-electron chi connectivity index (χ1n) is 10.3. The number of hydrogen-bond acceptors (Lipinski definition) is 0. The second-order valence-electron chi connectivity index (χ2n) is 12.0. The van der Waals surface area contributed by atoms with Crippen molar-refractivity contribution in [2.45, 2.75) is 57.8 Å². The first-order chi connectivity index (χ1) is 10.3. The van der Waals surface area contributed by atoms with E-state index in [0.717, 1.165) is 32.5 Å². The van der Waals surface area contributed by atoms with Crippen LogP contribution in [0.25, 0.3) is 0 Å². The van der Waals surface area contributed by atoms with Crippen LogP contribution < -0.4 is 0 Å². The zero-order valence-corrected chi connectivity index (χ0v) is 12.8. The molecule has 12 rings (SSSR count). The highest BCUT2D eigenvalue weighted by Crippen LogP contribution is 3.20. The Hall–Kier alpha value is 0. The topological polar surface area (TPSA) is 0 Å². The molecule has 0 aromatic heterocycles. The molecule has 6 bridgehead atoms. The van der Waals surface area contributed by atoms with Gasteiger partial charge in [0.2, 0.25) is 0 Å². The molecule has 0 amide bonds. The largest absolute Gasteiger partial charge is 0.0464 e. The lowest BCUT2D eigenvalue weighted by Crippen LogP contribution is -2.41. The Labute approximate surface area is 126 Å². The lowest BCUT2D eigenvalue weighted by molar-refractivity contribution is 0.0202. The standard InChI is InChI=1S/C21H24/c1-10-2-11(1)17-8-19(17)13-5-15(6-13)21(19)9-20(21)14-3-12(4-14)18(20)7-16(10,17)18/h10-15H,1-9H2. The van der Waals surface area contributed by atoms with E-state index >= 15 is 0 Å². The second-order valence-corrected chi connectivity index (χ2v) is 12.0. The fraction of sp³-hybridized carbons (Fsp3) is 1.00. The highest BCUT2D eigenvalue weighted by molar-refractivity contribution is 5.62. The van der Waals surface area contributed by atoms with Crippen LogP contribution in [0.3, 0.4) is 0 Å². The van der Waals surface area contributed by atoms with Crippen molar-refractivity contribution in [1.82, 2.24) is 0 Å². The average molecular weight is 276 g/mol. The van der Waals surface area contributed by atoms with Crippen molar-refractivity contribution in [1.29, 1.82) is 0 Å². The lowest BCUT2D eigenvalue weighted by Gasteiger charge is -2.43. The fourth-order valence-electron chi connectivity index (χ4n) is 14.0. The van der Waals surface area contributed by atoms with Crippen LogP contribution >= 0.6 is 0 Å². The molecule has 6 spiro atoms. The molecule has 0 heteroatoms. The van der Waals surface area contributed by atoms with Crippen LogP contribution in [0.4, 0.5) is 0 Å². The van der Waals surface area contributed by atoms with Gasteiger partial charge in [-0.3, -0.25) is 0 Å². The third-order valence-corrected chi connectivity index (χ3v) is 13.7. The summed E-state index contributed by atoms with van der Waals surface area (Å²) in [6, 6.07) is 0. The Morgan fingerprint density at radius 3 is 0.714 bits per heavy atom. The zero-order chi connectivity index (χ0) is 12.8. The molecule has 12 aliphatic carbocycles. The molecule has 0 aromatic rings. The summed E-state index contributed by atoms with van der Waals surface area (Å²) in [4.78, 5) is 0. The minimum atomic E-state index is 0.984. The summed E-state index contributed by atoms with van der Waals surface area (Å²) in [7, 11) is 0. The minimum Gasteiger partial charge on any atom is -0.0464 e. The highest BCUT2D eigenvalue weighted by Gasteiger charge is 3.15. The second kappa shape index (κ2) is 1.82. The summed E-state index contributed by atoms with van der Waals surface area (Å²) < 4.78 is 0. The lowest BCUT2D eigenvalue weighted by atomic mass is 9.60. The molecule has 0 saturated heterocycles. The Balaban J connectivity index is 1.44. The normalized spacial score (nSPS) is 96.0. The van der Waals surface area contributed by atoms with E-state index < -0.39 is 0 Å². The molecule has 0 nitrogen and oxygen atoms in total. The third kappa shape index (κ3) is 0.408. The predicted octanol–water partition coefficient (Wildman–Crippen LogP) is 4.25. The first kappa shape index (κ1) is 9.33. The van der Waals surface area contributed by atoms with E-state index in [1.54, 1.807) is 57.8 Å². The van der Waals surface area contributed by atoms with Gasteiger partial charge >= 0.3 is 0 Å². The molecular formula is C21H24. The van der Waals surface area contributed by atoms with Crippen molar-refractivity contribution in [2.24, 2.45) is 68.0 Å². The van der Waals surface area contributed by atoms with E-state index in [-0.39, 0.29) is 0 Å². The molecule has 0 radical (unpaired) electrons. The van der Waals surface area contributed by atoms with Gasteiger partial charge in [-0.15, -0.1) is 0 Å². The highest BCUT2D eigenvalue weighted by atomic mass is 15.2. The summed E-state index contributed by atoms with van der Waals surface area (Å²) >= 11 is 0. The molecule has 21 heavy (non-hydrogen) atoms. The summed E-state index contributed by atoms with van der Waals surface area (Å²) in [6.45, 7) is 0. The summed E-state index contributed by atoms with van der Waals surface area (Å²) in [6.07, 6.45) is 15.6. The van der Waals surface area contributed by atoms with Crippen molar-refractivity contribution in [2.75, 3.05) is 0 Å². The molecular weight excluding hydrogens is 252 g/mol. The Kier molecular flexibility index (Phi) is 0.808. The smallest absolute Gasteiger partial charge is 0.0133 e. The first-order valence-corrected chi connectivity index (χ1v) is 10.3. The van der Waals surface area contributed by atoms with E-state index in [4.69, 9.17) is 0 Å². The van der Waals surface area contributed by atoms with Gasteiger partial charge in [0.05, 0.1) is 0 Å². The van der Waals surface area contributed by atoms with Gasteiger partial charge in [-0.2, -0.15) is 0 Å². The minimum absolute atomic E-state index is 0.984. The monoisotopic (exact) mass is 276 g/mol. The summed E-state index contributed by atoms with van der Waals surface area (Å²) in [5.41, 5.74) is 5.91. The Morgan fingerprint density at radius 1 is 0.333 bits per heavy atom. The van der Waals surface area contributed by atoms with E-state index in [1.807, 2.05) is 0 Å². The molecule has 0 heterocycles. The zero-order valence-electron chi connectivity index (χ0n) is 12.8. The van der Waals surface area contributed by atoms with E-state index in [2.05, 4.69) is 0 Å². The van der Waals surface area contributed by atoms with E-state index in [9.17, 15) is 0 Å². The molecule has 12 aliphatic rings. The van der Waals surface area contributed by atoms with Crippen molar-refractivity contribution < 1.29 is 0 Å². The van der Waals surface area contributed by atoms with Gasteiger partial charge in [-0.25, -0.2) is 0 Å². The van der Waals surface area contributed by atoms with Gasteiger partial charge in [0, 0.05) is 0 Å². The SMILES string of the molecule is C1C2CC1C13CC14C1CC(C1)C41CC14C1CC(C1)C41CC213. The van der Waals surface area contributed by atoms with Gasteiger partial charge in [0.1, 0.15) is 0 Å². The Morgan fingerprint density at radius 2 is 0.524 bits per heavy atom. The third-order valence-electron chi connectivity index (χ3n) is 13.7. The van der Waals surface area contributed by atoms with Crippen LogP contribution in [0.1, 0.15) is 57.8 Å². The maximum atomic E-state index is 1.78. The maximum Gasteiger partial charge on any atom is -0.0133 e. The number of hydrogen-bond donors (Lipinski definition) is 0. The molecule has 0 atom stereocenters. The van der Waals surface area contributed by atoms with Crippen LogP contribution in [0.2, 0.25) is 0 Å². The fourth-order valence-corrected chi connectivity index (χ4v) is 14.0. The molecule has 0 unspecified atom stereocenters. The van der Waals surface area contributed by atoms with Crippen molar-refractivity contribution in [3.05, 3.63) is 0 Å². The molecule has 12 saturated carbocycles. The summed E-state index contributed by atoms with van der Waals surface area (Å²) in [5, 5.41) is 0. The van der Waals surface area contributed by atoms with Crippen LogP contribution in [0.5, 0.6) is 0 Å². The molecule has 0 aliphatic heterocycles. The quantitative estimate of drug-likeness (QED) is 0.620. The van der Waals surface area contributed by atoms with Crippen LogP contribution in [0, 0.1) is 68.0 Å². The van der Waals surface area contributed by atoms with Crippen molar-refractivity contribution >= 4 is 0 Å². The van der Waals surface area contributed by atoms with Crippen LogP contribution in [-0.4, -0.2) is 0 Å². The van der Waals surface area contributed by atoms with Gasteiger partial charge in [0.25, 0.3) is 0 Å². The molecule has 12 fully saturated rings. The van der Waals surface area contributed by atoms with E-state index in [0.29, 0.717) is 0 Å². The van der Waals surface area contributed by atoms with Crippen molar-refractivity contribution in [3.8, 4) is 0 Å².